The molecule has 0 fully saturated rings. The minimum Gasteiger partial charge on any atom is -0.382 e. The summed E-state index contributed by atoms with van der Waals surface area (Å²) in [6.07, 6.45) is 4.33. The number of carbonyl (C=O) groups excluding carboxylic acids is 2. The Hall–Kier alpha value is -5.00. The Bertz CT molecular complexity index is 1740. The second kappa shape index (κ2) is 14.2. The molecule has 0 unspecified atom stereocenters. The van der Waals surface area contributed by atoms with Crippen LogP contribution in [0.15, 0.2) is 97.3 Å². The lowest BCUT2D eigenvalue weighted by molar-refractivity contribution is -0.116. The van der Waals surface area contributed by atoms with Crippen molar-refractivity contribution in [1.29, 1.82) is 0 Å². The monoisotopic (exact) mass is 621 g/mol. The van der Waals surface area contributed by atoms with Gasteiger partial charge in [-0.2, -0.15) is 5.10 Å². The number of imidazole rings is 1. The van der Waals surface area contributed by atoms with Crippen molar-refractivity contribution in [1.82, 2.24) is 19.3 Å². The summed E-state index contributed by atoms with van der Waals surface area (Å²) >= 11 is 0. The first kappa shape index (κ1) is 31.4. The number of nitrogens with two attached hydrogens (primary N) is 1. The molecule has 5 rings (SSSR count). The molecule has 0 aliphatic rings. The highest BCUT2D eigenvalue weighted by atomic mass is 28.3. The standard InChI is InChI=1S/C34H39N7O3Si/c1-45(2,3)20-19-44-24-40-23-30(32(35)39-40)25-11-10-12-26(21-25)33(43)38-34-37-28(22-41(34)29-15-8-5-9-16-29)17-18-31(42)36-27-13-6-4-7-14-27/h4-16,21-23H,17-20,24H2,1-3H3,(H2,35,39)(H,36,42)(H,37,38,43). The third kappa shape index (κ3) is 8.77. The van der Waals surface area contributed by atoms with E-state index in [0.717, 1.165) is 28.5 Å². The normalized spacial score (nSPS) is 11.4. The van der Waals surface area contributed by atoms with Gasteiger partial charge in [-0.15, -0.1) is 0 Å². The van der Waals surface area contributed by atoms with Crippen molar-refractivity contribution < 1.29 is 14.3 Å². The van der Waals surface area contributed by atoms with Crippen molar-refractivity contribution in [2.45, 2.75) is 45.3 Å². The first-order valence-corrected chi connectivity index (χ1v) is 18.7. The molecule has 45 heavy (non-hydrogen) atoms. The quantitative estimate of drug-likeness (QED) is 0.102. The van der Waals surface area contributed by atoms with Crippen molar-refractivity contribution in [3.8, 4) is 16.8 Å². The number of anilines is 3. The molecule has 0 bridgehead atoms. The molecule has 5 aromatic rings. The van der Waals surface area contributed by atoms with E-state index in [9.17, 15) is 9.59 Å². The van der Waals surface area contributed by atoms with Crippen molar-refractivity contribution in [2.24, 2.45) is 0 Å². The second-order valence-electron chi connectivity index (χ2n) is 12.0. The number of amides is 2. The lowest BCUT2D eigenvalue weighted by Crippen LogP contribution is -2.22. The van der Waals surface area contributed by atoms with Crippen molar-refractivity contribution in [3.05, 3.63) is 109 Å². The fraction of sp³-hybridized carbons (Fsp3) is 0.235. The highest BCUT2D eigenvalue weighted by molar-refractivity contribution is 6.76. The molecule has 232 valence electrons. The molecule has 4 N–H and O–H groups in total. The maximum absolute atomic E-state index is 13.5. The smallest absolute Gasteiger partial charge is 0.258 e. The number of aryl methyl sites for hydroxylation is 1. The van der Waals surface area contributed by atoms with Crippen molar-refractivity contribution in [2.75, 3.05) is 23.0 Å². The molecular formula is C34H39N7O3Si. The number of nitrogens with zero attached hydrogens (tertiary/aromatic N) is 4. The van der Waals surface area contributed by atoms with Gasteiger partial charge in [-0.05, 0) is 48.0 Å². The van der Waals surface area contributed by atoms with Gasteiger partial charge in [0.25, 0.3) is 5.91 Å². The number of ether oxygens (including phenoxy) is 1. The number of nitrogen functional groups attached to an aromatic ring is 1. The van der Waals surface area contributed by atoms with E-state index in [1.54, 1.807) is 16.8 Å². The number of benzene rings is 3. The van der Waals surface area contributed by atoms with E-state index < -0.39 is 8.07 Å². The van der Waals surface area contributed by atoms with Crippen LogP contribution in [0.1, 0.15) is 22.5 Å². The van der Waals surface area contributed by atoms with Crippen LogP contribution < -0.4 is 16.4 Å². The van der Waals surface area contributed by atoms with Gasteiger partial charge in [-0.25, -0.2) is 9.67 Å². The summed E-state index contributed by atoms with van der Waals surface area (Å²) in [5, 5.41) is 10.3. The van der Waals surface area contributed by atoms with Crippen molar-refractivity contribution >= 4 is 37.3 Å². The lowest BCUT2D eigenvalue weighted by Gasteiger charge is -2.15. The average molecular weight is 622 g/mol. The molecule has 0 spiro atoms. The Kier molecular flexibility index (Phi) is 9.91. The Labute approximate surface area is 264 Å². The number of aromatic nitrogens is 4. The third-order valence-electron chi connectivity index (χ3n) is 7.13. The van der Waals surface area contributed by atoms with Crippen LogP contribution in [0.5, 0.6) is 0 Å². The van der Waals surface area contributed by atoms with E-state index in [-0.39, 0.29) is 18.2 Å². The van der Waals surface area contributed by atoms with Crippen LogP contribution in [0.3, 0.4) is 0 Å². The Morgan fingerprint density at radius 2 is 1.64 bits per heavy atom. The van der Waals surface area contributed by atoms with Gasteiger partial charge in [0.1, 0.15) is 6.73 Å². The van der Waals surface area contributed by atoms with Crippen LogP contribution in [0.4, 0.5) is 17.5 Å². The zero-order chi connectivity index (χ0) is 31.8. The average Bonchev–Trinajstić information content (AvgIpc) is 3.61. The lowest BCUT2D eigenvalue weighted by atomic mass is 10.1. The zero-order valence-corrected chi connectivity index (χ0v) is 26.9. The van der Waals surface area contributed by atoms with Crippen LogP contribution in [-0.4, -0.2) is 45.8 Å². The SMILES string of the molecule is C[Si](C)(C)CCOCn1cc(-c2cccc(C(=O)Nc3nc(CCC(=O)Nc4ccccc4)cn3-c3ccccc3)c2)c(N)n1. The van der Waals surface area contributed by atoms with E-state index in [1.165, 1.54) is 0 Å². The molecule has 2 aromatic heterocycles. The predicted octanol–water partition coefficient (Wildman–Crippen LogP) is 6.45. The molecule has 2 heterocycles. The molecule has 3 aromatic carbocycles. The predicted molar refractivity (Wildman–Crippen MR) is 181 cm³/mol. The van der Waals surface area contributed by atoms with Gasteiger partial charge in [0.2, 0.25) is 11.9 Å². The summed E-state index contributed by atoms with van der Waals surface area (Å²) in [5.41, 5.74) is 10.4. The maximum atomic E-state index is 13.5. The minimum atomic E-state index is -1.18. The summed E-state index contributed by atoms with van der Waals surface area (Å²) in [7, 11) is -1.18. The van der Waals surface area contributed by atoms with Crippen LogP contribution in [0.25, 0.3) is 16.8 Å². The first-order valence-electron chi connectivity index (χ1n) is 15.0. The summed E-state index contributed by atoms with van der Waals surface area (Å²) < 4.78 is 9.32. The molecule has 2 amide bonds. The van der Waals surface area contributed by atoms with Gasteiger partial charge in [-0.3, -0.25) is 19.5 Å². The molecule has 0 radical (unpaired) electrons. The number of carbonyl (C=O) groups is 2. The van der Waals surface area contributed by atoms with Crippen molar-refractivity contribution in [3.63, 3.8) is 0 Å². The number of rotatable bonds is 13. The Morgan fingerprint density at radius 3 is 2.38 bits per heavy atom. The Balaban J connectivity index is 1.29. The Morgan fingerprint density at radius 1 is 0.911 bits per heavy atom. The molecular weight excluding hydrogens is 583 g/mol. The van der Waals surface area contributed by atoms with Gasteiger partial charge in [-0.1, -0.05) is 68.2 Å². The number of para-hydroxylation sites is 2. The van der Waals surface area contributed by atoms with Gasteiger partial charge >= 0.3 is 0 Å². The molecule has 0 atom stereocenters. The molecule has 11 heteroatoms. The fourth-order valence-electron chi connectivity index (χ4n) is 4.67. The van der Waals surface area contributed by atoms with E-state index in [1.807, 2.05) is 89.8 Å². The highest BCUT2D eigenvalue weighted by Crippen LogP contribution is 2.26. The number of hydrogen-bond acceptors (Lipinski definition) is 6. The van der Waals surface area contributed by atoms with Crippen LogP contribution in [-0.2, 0) is 22.7 Å². The molecule has 0 saturated carbocycles. The van der Waals surface area contributed by atoms with Crippen LogP contribution in [0.2, 0.25) is 25.7 Å². The molecule has 10 nitrogen and oxygen atoms in total. The third-order valence-corrected chi connectivity index (χ3v) is 8.83. The maximum Gasteiger partial charge on any atom is 0.258 e. The van der Waals surface area contributed by atoms with E-state index in [0.29, 0.717) is 42.8 Å². The largest absolute Gasteiger partial charge is 0.382 e. The second-order valence-corrected chi connectivity index (χ2v) is 17.6. The summed E-state index contributed by atoms with van der Waals surface area (Å²) in [6, 6.07) is 27.2. The highest BCUT2D eigenvalue weighted by Gasteiger charge is 2.17. The summed E-state index contributed by atoms with van der Waals surface area (Å²) in [4.78, 5) is 30.7. The molecule has 0 aliphatic heterocycles. The van der Waals surface area contributed by atoms with Gasteiger partial charge < -0.3 is 15.8 Å². The summed E-state index contributed by atoms with van der Waals surface area (Å²) in [6.45, 7) is 7.93. The topological polar surface area (TPSA) is 129 Å². The molecule has 0 saturated heterocycles. The van der Waals surface area contributed by atoms with Gasteiger partial charge in [0.15, 0.2) is 5.82 Å². The fourth-order valence-corrected chi connectivity index (χ4v) is 5.43. The van der Waals surface area contributed by atoms with Gasteiger partial charge in [0.05, 0.1) is 5.69 Å². The molecule has 0 aliphatic carbocycles. The van der Waals surface area contributed by atoms with Crippen LogP contribution in [0, 0.1) is 0 Å². The first-order chi connectivity index (χ1) is 21.6. The summed E-state index contributed by atoms with van der Waals surface area (Å²) in [5.74, 6) is 0.284. The minimum absolute atomic E-state index is 0.112. The van der Waals surface area contributed by atoms with Gasteiger partial charge in [0, 0.05) is 62.4 Å². The van der Waals surface area contributed by atoms with Crippen LogP contribution >= 0.6 is 0 Å². The zero-order valence-electron chi connectivity index (χ0n) is 25.9. The van der Waals surface area contributed by atoms with E-state index in [4.69, 9.17) is 10.5 Å². The number of nitrogens with one attached hydrogen (secondary N) is 2. The van der Waals surface area contributed by atoms with E-state index in [2.05, 4.69) is 40.4 Å². The number of hydrogen-bond donors (Lipinski definition) is 3. The van der Waals surface area contributed by atoms with E-state index >= 15 is 0 Å².